The number of nitrogens with zero attached hydrogens (tertiary/aromatic N) is 2. The molecule has 4 atom stereocenters. The predicted molar refractivity (Wildman–Crippen MR) is 134 cm³/mol. The number of amides is 2. The maximum atomic E-state index is 13.9. The average Bonchev–Trinajstić information content (AvgIpc) is 3.29. The summed E-state index contributed by atoms with van der Waals surface area (Å²) in [6.45, 7) is 5.59. The van der Waals surface area contributed by atoms with Crippen molar-refractivity contribution in [2.24, 2.45) is 11.8 Å². The summed E-state index contributed by atoms with van der Waals surface area (Å²) in [4.78, 5) is 31.3. The van der Waals surface area contributed by atoms with E-state index in [0.29, 0.717) is 11.7 Å². The van der Waals surface area contributed by atoms with Gasteiger partial charge in [0, 0.05) is 25.7 Å². The fraction of sp³-hybridized carbons (Fsp3) is 0.704. The summed E-state index contributed by atoms with van der Waals surface area (Å²) in [5.74, 6) is 1.15. The predicted octanol–water partition coefficient (Wildman–Crippen LogP) is 2.53. The third-order valence-corrected chi connectivity index (χ3v) is 8.39. The van der Waals surface area contributed by atoms with E-state index in [4.69, 9.17) is 0 Å². The molecule has 2 aliphatic heterocycles. The third kappa shape index (κ3) is 5.92. The van der Waals surface area contributed by atoms with Crippen molar-refractivity contribution in [1.82, 2.24) is 20.4 Å². The third-order valence-electron chi connectivity index (χ3n) is 8.39. The van der Waals surface area contributed by atoms with Crippen molar-refractivity contribution in [1.29, 1.82) is 0 Å². The van der Waals surface area contributed by atoms with E-state index in [1.165, 1.54) is 12.0 Å². The molecule has 1 aromatic rings. The number of carbonyl (C=O) groups is 2. The van der Waals surface area contributed by atoms with E-state index in [9.17, 15) is 14.7 Å². The molecule has 0 aromatic heterocycles. The van der Waals surface area contributed by atoms with Crippen molar-refractivity contribution in [2.75, 3.05) is 33.2 Å². The van der Waals surface area contributed by atoms with Crippen molar-refractivity contribution >= 4 is 11.8 Å². The smallest absolute Gasteiger partial charge is 0.245 e. The zero-order chi connectivity index (χ0) is 24.1. The molecule has 0 spiro atoms. The first-order valence-electron chi connectivity index (χ1n) is 13.2. The standard InChI is InChI=1S/C27H42N4O3/c1-19(28-2)26(33)29-25(22-6-4-3-5-7-22)27(34)31-17-14-21-13-16-30(18-24(21)31)15-12-20-8-10-23(32)11-9-20/h8-11,19,21-22,24-25,28,32H,3-7,12-18H2,1-2H3,(H,29,33)/t19-,21+,24+,25-/m0/s1. The highest BCUT2D eigenvalue weighted by Gasteiger charge is 2.44. The van der Waals surface area contributed by atoms with Crippen LogP contribution in [-0.4, -0.2) is 78.1 Å². The quantitative estimate of drug-likeness (QED) is 0.544. The van der Waals surface area contributed by atoms with Crippen molar-refractivity contribution in [2.45, 2.75) is 76.4 Å². The Bertz CT molecular complexity index is 824. The van der Waals surface area contributed by atoms with E-state index < -0.39 is 6.04 Å². The van der Waals surface area contributed by atoms with Gasteiger partial charge in [0.05, 0.1) is 6.04 Å². The molecule has 1 aromatic carbocycles. The van der Waals surface area contributed by atoms with Crippen LogP contribution in [0.1, 0.15) is 57.4 Å². The highest BCUT2D eigenvalue weighted by molar-refractivity contribution is 5.90. The minimum Gasteiger partial charge on any atom is -0.508 e. The molecule has 7 nitrogen and oxygen atoms in total. The minimum absolute atomic E-state index is 0.0821. The summed E-state index contributed by atoms with van der Waals surface area (Å²) in [7, 11) is 1.78. The molecule has 1 saturated carbocycles. The molecule has 2 amide bonds. The second kappa shape index (κ2) is 11.5. The molecular weight excluding hydrogens is 428 g/mol. The Labute approximate surface area is 204 Å². The van der Waals surface area contributed by atoms with Crippen LogP contribution in [0.4, 0.5) is 0 Å². The summed E-state index contributed by atoms with van der Waals surface area (Å²) < 4.78 is 0. The molecule has 4 rings (SSSR count). The van der Waals surface area contributed by atoms with Crippen LogP contribution in [-0.2, 0) is 16.0 Å². The van der Waals surface area contributed by atoms with Gasteiger partial charge in [-0.25, -0.2) is 0 Å². The summed E-state index contributed by atoms with van der Waals surface area (Å²) in [6.07, 6.45) is 8.68. The van der Waals surface area contributed by atoms with E-state index in [1.54, 1.807) is 19.2 Å². The number of benzene rings is 1. The Balaban J connectivity index is 1.41. The van der Waals surface area contributed by atoms with Crippen molar-refractivity contribution < 1.29 is 14.7 Å². The lowest BCUT2D eigenvalue weighted by molar-refractivity contribution is -0.140. The number of phenolic OH excluding ortho intramolecular Hbond substituents is 1. The molecule has 7 heteroatoms. The van der Waals surface area contributed by atoms with E-state index in [0.717, 1.165) is 71.1 Å². The molecule has 34 heavy (non-hydrogen) atoms. The highest BCUT2D eigenvalue weighted by atomic mass is 16.3. The van der Waals surface area contributed by atoms with E-state index in [2.05, 4.69) is 20.4 Å². The fourth-order valence-corrected chi connectivity index (χ4v) is 6.07. The van der Waals surface area contributed by atoms with Gasteiger partial charge >= 0.3 is 0 Å². The first-order chi connectivity index (χ1) is 16.5. The van der Waals surface area contributed by atoms with Gasteiger partial charge in [-0.3, -0.25) is 9.59 Å². The van der Waals surface area contributed by atoms with Crippen LogP contribution < -0.4 is 10.6 Å². The summed E-state index contributed by atoms with van der Waals surface area (Å²) in [5.41, 5.74) is 1.22. The second-order valence-corrected chi connectivity index (χ2v) is 10.5. The van der Waals surface area contributed by atoms with Crippen LogP contribution in [0.15, 0.2) is 24.3 Å². The largest absolute Gasteiger partial charge is 0.508 e. The van der Waals surface area contributed by atoms with Crippen LogP contribution in [0.25, 0.3) is 0 Å². The van der Waals surface area contributed by atoms with E-state index in [1.807, 2.05) is 19.1 Å². The van der Waals surface area contributed by atoms with Gasteiger partial charge in [0.1, 0.15) is 11.8 Å². The maximum Gasteiger partial charge on any atom is 0.245 e. The van der Waals surface area contributed by atoms with E-state index in [-0.39, 0.29) is 29.8 Å². The summed E-state index contributed by atoms with van der Waals surface area (Å²) >= 11 is 0. The van der Waals surface area contributed by atoms with Gasteiger partial charge in [0.15, 0.2) is 0 Å². The Hall–Kier alpha value is -2.12. The number of piperidine rings is 1. The number of hydrogen-bond acceptors (Lipinski definition) is 5. The van der Waals surface area contributed by atoms with Crippen LogP contribution in [0, 0.1) is 11.8 Å². The molecule has 188 valence electrons. The lowest BCUT2D eigenvalue weighted by Gasteiger charge is -2.41. The molecule has 3 N–H and O–H groups in total. The number of aromatic hydroxyl groups is 1. The number of hydrogen-bond donors (Lipinski definition) is 3. The van der Waals surface area contributed by atoms with Crippen molar-refractivity contribution in [3.63, 3.8) is 0 Å². The number of likely N-dealkylation sites (tertiary alicyclic amines) is 2. The van der Waals surface area contributed by atoms with Gasteiger partial charge < -0.3 is 25.5 Å². The molecule has 0 radical (unpaired) electrons. The Morgan fingerprint density at radius 3 is 2.47 bits per heavy atom. The zero-order valence-corrected chi connectivity index (χ0v) is 20.8. The van der Waals surface area contributed by atoms with Crippen molar-refractivity contribution in [3.05, 3.63) is 29.8 Å². The minimum atomic E-state index is -0.408. The molecule has 0 unspecified atom stereocenters. The van der Waals surface area contributed by atoms with Crippen molar-refractivity contribution in [3.8, 4) is 5.75 Å². The number of carbonyl (C=O) groups excluding carboxylic acids is 2. The van der Waals surface area contributed by atoms with Gasteiger partial charge in [0.25, 0.3) is 0 Å². The summed E-state index contributed by atoms with van der Waals surface area (Å²) in [6, 6.07) is 6.98. The number of fused-ring (bicyclic) bond motifs is 1. The monoisotopic (exact) mass is 470 g/mol. The van der Waals surface area contributed by atoms with Crippen LogP contribution in [0.2, 0.25) is 0 Å². The van der Waals surface area contributed by atoms with Crippen LogP contribution in [0.5, 0.6) is 5.75 Å². The Morgan fingerprint density at radius 2 is 1.76 bits per heavy atom. The van der Waals surface area contributed by atoms with Crippen LogP contribution >= 0.6 is 0 Å². The lowest BCUT2D eigenvalue weighted by atomic mass is 9.83. The average molecular weight is 471 g/mol. The fourth-order valence-electron chi connectivity index (χ4n) is 6.07. The number of phenols is 1. The SMILES string of the molecule is CN[C@@H](C)C(=O)N[C@H](C(=O)N1CC[C@H]2CCN(CCc3ccc(O)cc3)C[C@H]21)C1CCCCC1. The molecule has 3 aliphatic rings. The molecule has 1 aliphatic carbocycles. The van der Waals surface area contributed by atoms with E-state index >= 15 is 0 Å². The molecular formula is C27H42N4O3. The summed E-state index contributed by atoms with van der Waals surface area (Å²) in [5, 5.41) is 15.7. The highest BCUT2D eigenvalue weighted by Crippen LogP contribution is 2.34. The van der Waals surface area contributed by atoms with Crippen LogP contribution in [0.3, 0.4) is 0 Å². The zero-order valence-electron chi connectivity index (χ0n) is 20.8. The maximum absolute atomic E-state index is 13.9. The molecule has 0 bridgehead atoms. The van der Waals surface area contributed by atoms with Gasteiger partial charge in [-0.1, -0.05) is 31.4 Å². The Kier molecular flexibility index (Phi) is 8.48. The van der Waals surface area contributed by atoms with Gasteiger partial charge in [0.2, 0.25) is 11.8 Å². The lowest BCUT2D eigenvalue weighted by Crippen LogP contribution is -2.58. The van der Waals surface area contributed by atoms with Gasteiger partial charge in [-0.15, -0.1) is 0 Å². The van der Waals surface area contributed by atoms with Gasteiger partial charge in [-0.2, -0.15) is 0 Å². The number of likely N-dealkylation sites (N-methyl/N-ethyl adjacent to an activating group) is 1. The first kappa shape index (κ1) is 25.0. The first-order valence-corrected chi connectivity index (χ1v) is 13.2. The molecule has 3 fully saturated rings. The molecule has 2 heterocycles. The Morgan fingerprint density at radius 1 is 1.06 bits per heavy atom. The number of rotatable bonds is 8. The second-order valence-electron chi connectivity index (χ2n) is 10.5. The van der Waals surface area contributed by atoms with Gasteiger partial charge in [-0.05, 0) is 82.2 Å². The normalized spacial score (nSPS) is 25.5. The topological polar surface area (TPSA) is 84.9 Å². The number of nitrogens with one attached hydrogen (secondary N) is 2. The molecule has 2 saturated heterocycles.